The number of furan rings is 1. The summed E-state index contributed by atoms with van der Waals surface area (Å²) in [6, 6.07) is 4.50. The second kappa shape index (κ2) is 7.67. The van der Waals surface area contributed by atoms with Gasteiger partial charge in [0, 0.05) is 30.5 Å². The van der Waals surface area contributed by atoms with Crippen molar-refractivity contribution in [2.45, 2.75) is 45.2 Å². The zero-order valence-electron chi connectivity index (χ0n) is 15.1. The maximum Gasteiger partial charge on any atom is 0.195 e. The maximum absolute atomic E-state index is 5.35. The lowest BCUT2D eigenvalue weighted by molar-refractivity contribution is 0.108. The summed E-state index contributed by atoms with van der Waals surface area (Å²) in [5.74, 6) is 2.24. The highest BCUT2D eigenvalue weighted by Gasteiger charge is 2.28. The van der Waals surface area contributed by atoms with Crippen LogP contribution in [0.25, 0.3) is 11.6 Å². The van der Waals surface area contributed by atoms with E-state index >= 15 is 0 Å². The van der Waals surface area contributed by atoms with Crippen molar-refractivity contribution in [2.24, 2.45) is 5.92 Å². The second-order valence-electron chi connectivity index (χ2n) is 7.49. The van der Waals surface area contributed by atoms with Gasteiger partial charge in [0.25, 0.3) is 0 Å². The van der Waals surface area contributed by atoms with Crippen LogP contribution in [0.2, 0.25) is 0 Å². The van der Waals surface area contributed by atoms with E-state index < -0.39 is 0 Å². The van der Waals surface area contributed by atoms with E-state index in [2.05, 4.69) is 26.7 Å². The number of piperidine rings is 1. The van der Waals surface area contributed by atoms with Crippen LogP contribution < -0.4 is 0 Å². The molecule has 5 heteroatoms. The number of hydrogen-bond acceptors (Lipinski definition) is 5. The van der Waals surface area contributed by atoms with Gasteiger partial charge in [0.15, 0.2) is 11.6 Å². The Morgan fingerprint density at radius 1 is 1.12 bits per heavy atom. The van der Waals surface area contributed by atoms with Gasteiger partial charge in [0.2, 0.25) is 0 Å². The topological polar surface area (TPSA) is 45.4 Å². The molecular formula is C20H28N4O. The minimum atomic E-state index is 0.659. The lowest BCUT2D eigenvalue weighted by atomic mass is 9.89. The largest absolute Gasteiger partial charge is 0.461 e. The van der Waals surface area contributed by atoms with Crippen LogP contribution in [0, 0.1) is 5.92 Å². The van der Waals surface area contributed by atoms with Gasteiger partial charge in [-0.2, -0.15) is 0 Å². The van der Waals surface area contributed by atoms with Crippen LogP contribution in [0.15, 0.2) is 35.2 Å². The molecule has 2 saturated heterocycles. The summed E-state index contributed by atoms with van der Waals surface area (Å²) >= 11 is 0. The lowest BCUT2D eigenvalue weighted by Gasteiger charge is -2.38. The van der Waals surface area contributed by atoms with Crippen LogP contribution in [0.1, 0.15) is 38.2 Å². The first-order valence-corrected chi connectivity index (χ1v) is 9.61. The Morgan fingerprint density at radius 2 is 1.84 bits per heavy atom. The lowest BCUT2D eigenvalue weighted by Crippen LogP contribution is -2.42. The fourth-order valence-electron chi connectivity index (χ4n) is 4.27. The Kier molecular flexibility index (Phi) is 5.13. The summed E-state index contributed by atoms with van der Waals surface area (Å²) in [6.45, 7) is 8.36. The molecule has 5 nitrogen and oxygen atoms in total. The highest BCUT2D eigenvalue weighted by atomic mass is 16.3. The molecule has 2 aromatic heterocycles. The third kappa shape index (κ3) is 3.93. The van der Waals surface area contributed by atoms with E-state index in [1.807, 2.05) is 24.5 Å². The van der Waals surface area contributed by atoms with E-state index in [4.69, 9.17) is 4.42 Å². The molecule has 25 heavy (non-hydrogen) atoms. The summed E-state index contributed by atoms with van der Waals surface area (Å²) in [5, 5.41) is 0. The van der Waals surface area contributed by atoms with Crippen LogP contribution in [0.4, 0.5) is 0 Å². The minimum absolute atomic E-state index is 0.659. The molecule has 0 radical (unpaired) electrons. The Morgan fingerprint density at radius 3 is 2.48 bits per heavy atom. The second-order valence-corrected chi connectivity index (χ2v) is 7.49. The van der Waals surface area contributed by atoms with Gasteiger partial charge in [-0.1, -0.05) is 0 Å². The zero-order valence-corrected chi connectivity index (χ0v) is 15.1. The number of rotatable bonds is 5. The fourth-order valence-corrected chi connectivity index (χ4v) is 4.27. The third-order valence-electron chi connectivity index (χ3n) is 5.88. The molecule has 0 aliphatic carbocycles. The van der Waals surface area contributed by atoms with Crippen LogP contribution in [0.3, 0.4) is 0 Å². The van der Waals surface area contributed by atoms with Gasteiger partial charge in [0.05, 0.1) is 6.26 Å². The minimum Gasteiger partial charge on any atom is -0.461 e. The van der Waals surface area contributed by atoms with E-state index in [0.717, 1.165) is 24.3 Å². The molecule has 0 saturated carbocycles. The van der Waals surface area contributed by atoms with Gasteiger partial charge >= 0.3 is 0 Å². The van der Waals surface area contributed by atoms with Crippen molar-refractivity contribution >= 4 is 0 Å². The van der Waals surface area contributed by atoms with Crippen molar-refractivity contribution in [3.63, 3.8) is 0 Å². The van der Waals surface area contributed by atoms with Crippen molar-refractivity contribution < 1.29 is 4.42 Å². The number of hydrogen-bond donors (Lipinski definition) is 0. The standard InChI is InChI=1S/C20H28N4O/c1-16(24-8-2-3-9-24)18-6-10-23(11-7-18)15-17-13-21-20(22-14-17)19-5-4-12-25-19/h4-5,12-14,16,18H,2-3,6-11,15H2,1H3. The Balaban J connectivity index is 1.28. The van der Waals surface area contributed by atoms with Crippen molar-refractivity contribution in [1.29, 1.82) is 0 Å². The molecule has 0 aromatic carbocycles. The molecule has 0 amide bonds. The number of likely N-dealkylation sites (tertiary alicyclic amines) is 2. The average Bonchev–Trinajstić information content (AvgIpc) is 3.36. The molecule has 0 bridgehead atoms. The Bertz CT molecular complexity index is 641. The van der Waals surface area contributed by atoms with Crippen LogP contribution in [-0.2, 0) is 6.54 Å². The van der Waals surface area contributed by atoms with Gasteiger partial charge in [-0.05, 0) is 76.8 Å². The molecule has 1 unspecified atom stereocenters. The average molecular weight is 340 g/mol. The molecular weight excluding hydrogens is 312 g/mol. The van der Waals surface area contributed by atoms with E-state index in [9.17, 15) is 0 Å². The quantitative estimate of drug-likeness (QED) is 0.834. The van der Waals surface area contributed by atoms with E-state index in [1.165, 1.54) is 57.4 Å². The van der Waals surface area contributed by atoms with Crippen molar-refractivity contribution in [3.8, 4) is 11.6 Å². The summed E-state index contributed by atoms with van der Waals surface area (Å²) in [4.78, 5) is 14.1. The first kappa shape index (κ1) is 16.7. The molecule has 2 aliphatic heterocycles. The first-order valence-electron chi connectivity index (χ1n) is 9.61. The van der Waals surface area contributed by atoms with Crippen LogP contribution in [0.5, 0.6) is 0 Å². The predicted octanol–water partition coefficient (Wildman–Crippen LogP) is 3.43. The van der Waals surface area contributed by atoms with Gasteiger partial charge in [-0.25, -0.2) is 9.97 Å². The highest BCUT2D eigenvalue weighted by molar-refractivity contribution is 5.45. The normalized spacial score (nSPS) is 21.6. The molecule has 0 spiro atoms. The molecule has 2 fully saturated rings. The molecule has 0 N–H and O–H groups in total. The summed E-state index contributed by atoms with van der Waals surface area (Å²) in [6.07, 6.45) is 10.9. The van der Waals surface area contributed by atoms with Crippen molar-refractivity contribution in [3.05, 3.63) is 36.4 Å². The van der Waals surface area contributed by atoms with E-state index in [1.54, 1.807) is 6.26 Å². The zero-order chi connectivity index (χ0) is 17.1. The smallest absolute Gasteiger partial charge is 0.195 e. The Hall–Kier alpha value is -1.72. The molecule has 2 aromatic rings. The van der Waals surface area contributed by atoms with E-state index in [0.29, 0.717) is 5.82 Å². The first-order chi connectivity index (χ1) is 12.3. The monoisotopic (exact) mass is 340 g/mol. The number of aromatic nitrogens is 2. The third-order valence-corrected chi connectivity index (χ3v) is 5.88. The molecule has 2 aliphatic rings. The van der Waals surface area contributed by atoms with Crippen LogP contribution >= 0.6 is 0 Å². The van der Waals surface area contributed by atoms with Gasteiger partial charge in [-0.3, -0.25) is 4.90 Å². The summed E-state index contributed by atoms with van der Waals surface area (Å²) in [5.41, 5.74) is 1.18. The highest BCUT2D eigenvalue weighted by Crippen LogP contribution is 2.27. The van der Waals surface area contributed by atoms with Crippen LogP contribution in [-0.4, -0.2) is 52.0 Å². The molecule has 4 rings (SSSR count). The van der Waals surface area contributed by atoms with Gasteiger partial charge in [-0.15, -0.1) is 0 Å². The van der Waals surface area contributed by atoms with Gasteiger partial charge < -0.3 is 9.32 Å². The van der Waals surface area contributed by atoms with Crippen molar-refractivity contribution in [1.82, 2.24) is 19.8 Å². The summed E-state index contributed by atoms with van der Waals surface area (Å²) in [7, 11) is 0. The molecule has 4 heterocycles. The summed E-state index contributed by atoms with van der Waals surface area (Å²) < 4.78 is 5.35. The maximum atomic E-state index is 5.35. The Labute approximate surface area is 150 Å². The van der Waals surface area contributed by atoms with E-state index in [-0.39, 0.29) is 0 Å². The number of nitrogens with zero attached hydrogens (tertiary/aromatic N) is 4. The predicted molar refractivity (Wildman–Crippen MR) is 98.0 cm³/mol. The van der Waals surface area contributed by atoms with Gasteiger partial charge in [0.1, 0.15) is 0 Å². The van der Waals surface area contributed by atoms with Crippen molar-refractivity contribution in [2.75, 3.05) is 26.2 Å². The fraction of sp³-hybridized carbons (Fsp3) is 0.600. The SMILES string of the molecule is CC(C1CCN(Cc2cnc(-c3ccco3)nc2)CC1)N1CCCC1. The molecule has 134 valence electrons. The molecule has 1 atom stereocenters.